The minimum atomic E-state index is -0.355. The summed E-state index contributed by atoms with van der Waals surface area (Å²) in [4.78, 5) is 23.6. The summed E-state index contributed by atoms with van der Waals surface area (Å²) in [6, 6.07) is 16.2. The van der Waals surface area contributed by atoms with E-state index in [2.05, 4.69) is 21.5 Å². The first-order valence-electron chi connectivity index (χ1n) is 7.50. The van der Waals surface area contributed by atoms with Crippen LogP contribution in [0.3, 0.4) is 0 Å². The molecule has 130 valence electrons. The molecule has 6 nitrogen and oxygen atoms in total. The Labute approximate surface area is 155 Å². The molecular weight excluding hydrogens is 360 g/mol. The summed E-state index contributed by atoms with van der Waals surface area (Å²) in [6.07, 6.45) is 0.0366. The first-order chi connectivity index (χ1) is 12.0. The van der Waals surface area contributed by atoms with Crippen LogP contribution in [-0.2, 0) is 9.59 Å². The summed E-state index contributed by atoms with van der Waals surface area (Å²) >= 11 is 11.0. The van der Waals surface area contributed by atoms with Crippen LogP contribution in [0.1, 0.15) is 12.8 Å². The lowest BCUT2D eigenvalue weighted by Crippen LogP contribution is -2.43. The summed E-state index contributed by atoms with van der Waals surface area (Å²) in [6.45, 7) is 0. The van der Waals surface area contributed by atoms with E-state index in [0.717, 1.165) is 5.69 Å². The number of halogens is 1. The average Bonchev–Trinajstić information content (AvgIpc) is 2.61. The number of hydrogen-bond acceptors (Lipinski definition) is 3. The zero-order valence-electron chi connectivity index (χ0n) is 13.2. The van der Waals surface area contributed by atoms with Crippen molar-refractivity contribution in [2.45, 2.75) is 12.8 Å². The lowest BCUT2D eigenvalue weighted by molar-refractivity contribution is -0.124. The molecule has 0 aliphatic heterocycles. The lowest BCUT2D eigenvalue weighted by Gasteiger charge is -2.11. The Morgan fingerprint density at radius 3 is 2.20 bits per heavy atom. The van der Waals surface area contributed by atoms with Crippen LogP contribution in [0.15, 0.2) is 54.6 Å². The van der Waals surface area contributed by atoms with Gasteiger partial charge in [-0.3, -0.25) is 20.4 Å². The van der Waals surface area contributed by atoms with Gasteiger partial charge in [0.2, 0.25) is 11.8 Å². The summed E-state index contributed by atoms with van der Waals surface area (Å²) in [5, 5.41) is 6.26. The van der Waals surface area contributed by atoms with E-state index in [4.69, 9.17) is 23.8 Å². The Hall–Kier alpha value is -2.64. The van der Waals surface area contributed by atoms with Gasteiger partial charge in [0, 0.05) is 18.5 Å². The number of carbonyl (C=O) groups excluding carboxylic acids is 2. The Morgan fingerprint density at radius 1 is 0.840 bits per heavy atom. The molecule has 4 N–H and O–H groups in total. The van der Waals surface area contributed by atoms with E-state index in [0.29, 0.717) is 10.7 Å². The topological polar surface area (TPSA) is 82.3 Å². The number of amides is 2. The Bertz CT molecular complexity index is 755. The van der Waals surface area contributed by atoms with Crippen LogP contribution in [-0.4, -0.2) is 16.9 Å². The number of hydrazine groups is 1. The standard InChI is InChI=1S/C17H17ClN4O2S/c18-13-8-4-5-9-14(13)20-15(23)10-11-16(24)21-22-17(25)19-12-6-2-1-3-7-12/h1-9H,10-11H2,(H,20,23)(H,21,24)(H2,19,22,25). The van der Waals surface area contributed by atoms with E-state index in [9.17, 15) is 9.59 Å². The van der Waals surface area contributed by atoms with Crippen LogP contribution in [0.25, 0.3) is 0 Å². The van der Waals surface area contributed by atoms with E-state index in [1.54, 1.807) is 24.3 Å². The number of carbonyl (C=O) groups is 2. The predicted octanol–water partition coefficient (Wildman–Crippen LogP) is 3.08. The molecule has 0 saturated heterocycles. The van der Waals surface area contributed by atoms with Crippen LogP contribution < -0.4 is 21.5 Å². The summed E-state index contributed by atoms with van der Waals surface area (Å²) in [7, 11) is 0. The molecule has 0 aliphatic carbocycles. The molecule has 0 radical (unpaired) electrons. The molecule has 0 bridgehead atoms. The fourth-order valence-corrected chi connectivity index (χ4v) is 2.23. The Balaban J connectivity index is 1.67. The largest absolute Gasteiger partial charge is 0.331 e. The normalized spacial score (nSPS) is 9.80. The maximum atomic E-state index is 11.8. The third-order valence-corrected chi connectivity index (χ3v) is 3.61. The van der Waals surface area contributed by atoms with E-state index in [-0.39, 0.29) is 29.8 Å². The minimum Gasteiger partial charge on any atom is -0.331 e. The number of rotatable bonds is 5. The number of thiocarbonyl (C=S) groups is 1. The SMILES string of the molecule is O=C(CCC(=O)Nc1ccccc1Cl)NNC(=S)Nc1ccccc1. The van der Waals surface area contributed by atoms with Crippen LogP contribution >= 0.6 is 23.8 Å². The van der Waals surface area contributed by atoms with Gasteiger partial charge in [0.1, 0.15) is 0 Å². The first kappa shape index (κ1) is 18.7. The molecule has 0 unspecified atom stereocenters. The van der Waals surface area contributed by atoms with Crippen molar-refractivity contribution in [3.63, 3.8) is 0 Å². The minimum absolute atomic E-state index is 0.0111. The van der Waals surface area contributed by atoms with E-state index in [1.807, 2.05) is 30.3 Å². The number of hydrogen-bond donors (Lipinski definition) is 4. The molecule has 0 aromatic heterocycles. The van der Waals surface area contributed by atoms with Gasteiger partial charge in [0.25, 0.3) is 0 Å². The second-order valence-electron chi connectivity index (χ2n) is 5.02. The Kier molecular flexibility index (Phi) is 7.18. The zero-order chi connectivity index (χ0) is 18.1. The summed E-state index contributed by atoms with van der Waals surface area (Å²) < 4.78 is 0. The summed E-state index contributed by atoms with van der Waals surface area (Å²) in [5.41, 5.74) is 6.33. The highest BCUT2D eigenvalue weighted by molar-refractivity contribution is 7.80. The van der Waals surface area contributed by atoms with Gasteiger partial charge in [-0.15, -0.1) is 0 Å². The fraction of sp³-hybridized carbons (Fsp3) is 0.118. The van der Waals surface area contributed by atoms with Gasteiger partial charge in [-0.25, -0.2) is 0 Å². The lowest BCUT2D eigenvalue weighted by atomic mass is 10.2. The maximum absolute atomic E-state index is 11.8. The molecule has 8 heteroatoms. The number of para-hydroxylation sites is 2. The molecule has 0 saturated carbocycles. The second kappa shape index (κ2) is 9.61. The summed E-state index contributed by atoms with van der Waals surface area (Å²) in [5.74, 6) is -0.653. The van der Waals surface area contributed by atoms with Crippen molar-refractivity contribution in [3.8, 4) is 0 Å². The molecule has 0 fully saturated rings. The Morgan fingerprint density at radius 2 is 1.48 bits per heavy atom. The van der Waals surface area contributed by atoms with Gasteiger partial charge < -0.3 is 10.6 Å². The van der Waals surface area contributed by atoms with Crippen LogP contribution in [0.5, 0.6) is 0 Å². The number of benzene rings is 2. The number of anilines is 2. The number of nitrogens with one attached hydrogen (secondary N) is 4. The quantitative estimate of drug-likeness (QED) is 0.476. The molecule has 0 atom stereocenters. The molecule has 2 amide bonds. The third kappa shape index (κ3) is 6.78. The van der Waals surface area contributed by atoms with Crippen molar-refractivity contribution >= 4 is 52.1 Å². The predicted molar refractivity (Wildman–Crippen MR) is 103 cm³/mol. The highest BCUT2D eigenvalue weighted by Gasteiger charge is 2.09. The second-order valence-corrected chi connectivity index (χ2v) is 5.84. The van der Waals surface area contributed by atoms with Crippen molar-refractivity contribution < 1.29 is 9.59 Å². The van der Waals surface area contributed by atoms with Crippen molar-refractivity contribution in [3.05, 3.63) is 59.6 Å². The van der Waals surface area contributed by atoms with Crippen molar-refractivity contribution in [2.24, 2.45) is 0 Å². The van der Waals surface area contributed by atoms with Gasteiger partial charge in [0.15, 0.2) is 5.11 Å². The van der Waals surface area contributed by atoms with Crippen LogP contribution in [0, 0.1) is 0 Å². The molecule has 25 heavy (non-hydrogen) atoms. The van der Waals surface area contributed by atoms with Crippen molar-refractivity contribution in [2.75, 3.05) is 10.6 Å². The van der Waals surface area contributed by atoms with Crippen molar-refractivity contribution in [1.29, 1.82) is 0 Å². The molecule has 0 spiro atoms. The van der Waals surface area contributed by atoms with Gasteiger partial charge in [-0.2, -0.15) is 0 Å². The molecule has 2 aromatic rings. The van der Waals surface area contributed by atoms with E-state index >= 15 is 0 Å². The van der Waals surface area contributed by atoms with Crippen LogP contribution in [0.4, 0.5) is 11.4 Å². The fourth-order valence-electron chi connectivity index (χ4n) is 1.88. The molecule has 0 heterocycles. The van der Waals surface area contributed by atoms with E-state index < -0.39 is 0 Å². The molecule has 2 aromatic carbocycles. The zero-order valence-corrected chi connectivity index (χ0v) is 14.8. The van der Waals surface area contributed by atoms with Crippen molar-refractivity contribution in [1.82, 2.24) is 10.9 Å². The highest BCUT2D eigenvalue weighted by Crippen LogP contribution is 2.20. The van der Waals surface area contributed by atoms with Gasteiger partial charge in [-0.05, 0) is 36.5 Å². The van der Waals surface area contributed by atoms with Gasteiger partial charge >= 0.3 is 0 Å². The third-order valence-electron chi connectivity index (χ3n) is 3.07. The first-order valence-corrected chi connectivity index (χ1v) is 8.28. The van der Waals surface area contributed by atoms with Gasteiger partial charge in [-0.1, -0.05) is 41.9 Å². The highest BCUT2D eigenvalue weighted by atomic mass is 35.5. The molecule has 2 rings (SSSR count). The van der Waals surface area contributed by atoms with Gasteiger partial charge in [0.05, 0.1) is 10.7 Å². The molecular formula is C17H17ClN4O2S. The maximum Gasteiger partial charge on any atom is 0.238 e. The van der Waals surface area contributed by atoms with E-state index in [1.165, 1.54) is 0 Å². The average molecular weight is 377 g/mol. The molecule has 0 aliphatic rings. The van der Waals surface area contributed by atoms with Crippen LogP contribution in [0.2, 0.25) is 5.02 Å². The monoisotopic (exact) mass is 376 g/mol. The smallest absolute Gasteiger partial charge is 0.238 e.